The Hall–Kier alpha value is -2.35. The van der Waals surface area contributed by atoms with Gasteiger partial charge in [0.05, 0.1) is 24.0 Å². The first kappa shape index (κ1) is 22.9. The van der Waals surface area contributed by atoms with E-state index in [9.17, 15) is 4.79 Å². The van der Waals surface area contributed by atoms with E-state index < -0.39 is 0 Å². The maximum absolute atomic E-state index is 13.4. The fourth-order valence-corrected chi connectivity index (χ4v) is 3.86. The third kappa shape index (κ3) is 5.18. The summed E-state index contributed by atoms with van der Waals surface area (Å²) in [4.78, 5) is 21.9. The van der Waals surface area contributed by atoms with Gasteiger partial charge < -0.3 is 14.4 Å². The number of amides is 1. The van der Waals surface area contributed by atoms with Gasteiger partial charge in [-0.3, -0.25) is 9.69 Å². The monoisotopic (exact) mass is 435 g/mol. The summed E-state index contributed by atoms with van der Waals surface area (Å²) < 4.78 is 12.1. The first-order valence-corrected chi connectivity index (χ1v) is 9.98. The molecule has 0 N–H and O–H groups in total. The number of likely N-dealkylation sites (N-methyl/N-ethyl adjacent to an activating group) is 1. The van der Waals surface area contributed by atoms with E-state index in [0.29, 0.717) is 29.6 Å². The van der Waals surface area contributed by atoms with Crippen molar-refractivity contribution in [2.24, 2.45) is 0 Å². The van der Waals surface area contributed by atoms with Gasteiger partial charge in [0, 0.05) is 13.1 Å². The molecule has 0 fully saturated rings. The van der Waals surface area contributed by atoms with Crippen LogP contribution in [-0.2, 0) is 0 Å². The van der Waals surface area contributed by atoms with Gasteiger partial charge in [-0.05, 0) is 45.3 Å². The van der Waals surface area contributed by atoms with E-state index in [1.807, 2.05) is 56.3 Å². The van der Waals surface area contributed by atoms with Crippen molar-refractivity contribution in [3.8, 4) is 11.5 Å². The minimum absolute atomic E-state index is 0. The van der Waals surface area contributed by atoms with E-state index >= 15 is 0 Å². The van der Waals surface area contributed by atoms with E-state index in [-0.39, 0.29) is 18.3 Å². The Balaban J connectivity index is 0.00000300. The summed E-state index contributed by atoms with van der Waals surface area (Å²) in [6.45, 7) is 3.75. The number of benzene rings is 2. The van der Waals surface area contributed by atoms with Crippen LogP contribution in [0.1, 0.15) is 17.3 Å². The zero-order valence-corrected chi connectivity index (χ0v) is 18.7. The lowest BCUT2D eigenvalue weighted by molar-refractivity contribution is 0.0982. The first-order valence-electron chi connectivity index (χ1n) is 9.17. The topological polar surface area (TPSA) is 54.9 Å². The molecule has 1 amide bonds. The number of nitrogens with zero attached hydrogens (tertiary/aromatic N) is 3. The molecule has 0 aliphatic heterocycles. The lowest BCUT2D eigenvalue weighted by Crippen LogP contribution is -2.36. The smallest absolute Gasteiger partial charge is 0.263 e. The number of para-hydroxylation sites is 2. The molecule has 0 radical (unpaired) electrons. The molecule has 0 saturated carbocycles. The molecule has 0 spiro atoms. The normalized spacial score (nSPS) is 10.7. The van der Waals surface area contributed by atoms with E-state index in [4.69, 9.17) is 14.5 Å². The van der Waals surface area contributed by atoms with Crippen molar-refractivity contribution in [2.45, 2.75) is 6.92 Å². The van der Waals surface area contributed by atoms with Crippen LogP contribution in [0.3, 0.4) is 0 Å². The van der Waals surface area contributed by atoms with Crippen LogP contribution in [0.2, 0.25) is 0 Å². The van der Waals surface area contributed by atoms with Crippen molar-refractivity contribution >= 4 is 45.0 Å². The number of methoxy groups -OCH3 is 1. The highest BCUT2D eigenvalue weighted by Gasteiger charge is 2.24. The van der Waals surface area contributed by atoms with Crippen LogP contribution >= 0.6 is 23.7 Å². The minimum Gasteiger partial charge on any atom is -0.496 e. The molecular weight excluding hydrogens is 410 g/mol. The Morgan fingerprint density at radius 2 is 1.79 bits per heavy atom. The van der Waals surface area contributed by atoms with Crippen LogP contribution in [0.5, 0.6) is 11.5 Å². The number of thiazole rings is 1. The van der Waals surface area contributed by atoms with E-state index in [1.165, 1.54) is 11.3 Å². The quantitative estimate of drug-likeness (QED) is 0.527. The molecule has 0 saturated heterocycles. The fraction of sp³-hybridized carbons (Fsp3) is 0.333. The van der Waals surface area contributed by atoms with E-state index in [0.717, 1.165) is 22.5 Å². The summed E-state index contributed by atoms with van der Waals surface area (Å²) in [5.41, 5.74) is 1.31. The maximum atomic E-state index is 13.4. The second kappa shape index (κ2) is 10.4. The summed E-state index contributed by atoms with van der Waals surface area (Å²) in [7, 11) is 5.54. The number of anilines is 1. The Kier molecular flexibility index (Phi) is 8.25. The van der Waals surface area contributed by atoms with E-state index in [1.54, 1.807) is 24.1 Å². The van der Waals surface area contributed by atoms with Crippen LogP contribution in [0.15, 0.2) is 42.5 Å². The Morgan fingerprint density at radius 3 is 2.48 bits per heavy atom. The molecule has 0 aliphatic rings. The number of rotatable bonds is 8. The maximum Gasteiger partial charge on any atom is 0.263 e. The molecular formula is C21H26ClN3O3S. The largest absolute Gasteiger partial charge is 0.496 e. The number of carbonyl (C=O) groups is 1. The molecule has 0 atom stereocenters. The molecule has 6 nitrogen and oxygen atoms in total. The zero-order chi connectivity index (χ0) is 20.1. The average Bonchev–Trinajstić information content (AvgIpc) is 3.13. The van der Waals surface area contributed by atoms with Gasteiger partial charge in [0.25, 0.3) is 5.91 Å². The number of carbonyl (C=O) groups excluding carboxylic acids is 1. The second-order valence-corrected chi connectivity index (χ2v) is 7.50. The third-order valence-corrected chi connectivity index (χ3v) is 5.30. The summed E-state index contributed by atoms with van der Waals surface area (Å²) in [6, 6.07) is 13.1. The van der Waals surface area contributed by atoms with Crippen molar-refractivity contribution in [1.29, 1.82) is 0 Å². The molecule has 0 bridgehead atoms. The Morgan fingerprint density at radius 1 is 1.07 bits per heavy atom. The second-order valence-electron chi connectivity index (χ2n) is 6.49. The first-order chi connectivity index (χ1) is 13.5. The molecule has 3 aromatic rings. The van der Waals surface area contributed by atoms with Crippen LogP contribution in [0.25, 0.3) is 10.2 Å². The molecule has 156 valence electrons. The number of aromatic nitrogens is 1. The van der Waals surface area contributed by atoms with Gasteiger partial charge in [0.15, 0.2) is 5.13 Å². The minimum atomic E-state index is -0.128. The highest BCUT2D eigenvalue weighted by Crippen LogP contribution is 2.35. The van der Waals surface area contributed by atoms with Crippen LogP contribution in [-0.4, -0.2) is 56.7 Å². The standard InChI is InChI=1S/C21H25N3O3S.ClH/c1-5-27-17-11-8-12-18-19(17)22-21(28-18)24(14-13-23(2)3)20(25)15-9-6-7-10-16(15)26-4;/h6-12H,5,13-14H2,1-4H3;1H. The number of halogens is 1. The Labute approximate surface area is 181 Å². The lowest BCUT2D eigenvalue weighted by atomic mass is 10.1. The highest BCUT2D eigenvalue weighted by atomic mass is 35.5. The fourth-order valence-electron chi connectivity index (χ4n) is 2.85. The molecule has 1 heterocycles. The van der Waals surface area contributed by atoms with Gasteiger partial charge in [-0.2, -0.15) is 0 Å². The van der Waals surface area contributed by atoms with Gasteiger partial charge in [0.1, 0.15) is 17.0 Å². The number of ether oxygens (including phenoxy) is 2. The highest BCUT2D eigenvalue weighted by molar-refractivity contribution is 7.22. The molecule has 0 unspecified atom stereocenters. The summed E-state index contributed by atoms with van der Waals surface area (Å²) >= 11 is 1.49. The van der Waals surface area contributed by atoms with Crippen LogP contribution < -0.4 is 14.4 Å². The molecule has 0 aliphatic carbocycles. The van der Waals surface area contributed by atoms with Gasteiger partial charge >= 0.3 is 0 Å². The molecule has 2 aromatic carbocycles. The summed E-state index contributed by atoms with van der Waals surface area (Å²) in [6.07, 6.45) is 0. The third-order valence-electron chi connectivity index (χ3n) is 4.25. The number of fused-ring (bicyclic) bond motifs is 1. The SMILES string of the molecule is CCOc1cccc2sc(N(CCN(C)C)C(=O)c3ccccc3OC)nc12.Cl. The number of hydrogen-bond donors (Lipinski definition) is 0. The van der Waals surface area contributed by atoms with Crippen molar-refractivity contribution in [3.63, 3.8) is 0 Å². The van der Waals surface area contributed by atoms with Gasteiger partial charge in [-0.15, -0.1) is 12.4 Å². The van der Waals surface area contributed by atoms with Gasteiger partial charge in [-0.25, -0.2) is 4.98 Å². The predicted octanol–water partition coefficient (Wildman–Crippen LogP) is 4.33. The molecule has 8 heteroatoms. The molecule has 1 aromatic heterocycles. The van der Waals surface area contributed by atoms with Crippen molar-refractivity contribution in [3.05, 3.63) is 48.0 Å². The summed E-state index contributed by atoms with van der Waals surface area (Å²) in [5.74, 6) is 1.16. The Bertz CT molecular complexity index is 961. The average molecular weight is 436 g/mol. The van der Waals surface area contributed by atoms with Gasteiger partial charge in [0.2, 0.25) is 0 Å². The van der Waals surface area contributed by atoms with Crippen molar-refractivity contribution in [1.82, 2.24) is 9.88 Å². The van der Waals surface area contributed by atoms with Crippen molar-refractivity contribution < 1.29 is 14.3 Å². The molecule has 3 rings (SSSR count). The van der Waals surface area contributed by atoms with Crippen LogP contribution in [0.4, 0.5) is 5.13 Å². The van der Waals surface area contributed by atoms with Crippen molar-refractivity contribution in [2.75, 3.05) is 45.8 Å². The number of hydrogen-bond acceptors (Lipinski definition) is 6. The van der Waals surface area contributed by atoms with Crippen LogP contribution in [0, 0.1) is 0 Å². The van der Waals surface area contributed by atoms with E-state index in [2.05, 4.69) is 0 Å². The molecule has 29 heavy (non-hydrogen) atoms. The summed E-state index contributed by atoms with van der Waals surface area (Å²) in [5, 5.41) is 0.653. The zero-order valence-electron chi connectivity index (χ0n) is 17.0. The predicted molar refractivity (Wildman–Crippen MR) is 121 cm³/mol. The van der Waals surface area contributed by atoms with Gasteiger partial charge in [-0.1, -0.05) is 29.5 Å². The lowest BCUT2D eigenvalue weighted by Gasteiger charge is -2.22.